The van der Waals surface area contributed by atoms with Gasteiger partial charge < -0.3 is 9.88 Å². The zero-order chi connectivity index (χ0) is 13.9. The van der Waals surface area contributed by atoms with E-state index in [0.29, 0.717) is 6.54 Å². The van der Waals surface area contributed by atoms with Crippen LogP contribution in [0.15, 0.2) is 48.5 Å². The number of rotatable bonds is 4. The molecule has 0 atom stereocenters. The van der Waals surface area contributed by atoms with Crippen molar-refractivity contribution in [2.24, 2.45) is 0 Å². The van der Waals surface area contributed by atoms with Crippen molar-refractivity contribution in [3.8, 4) is 0 Å². The third-order valence-electron chi connectivity index (χ3n) is 3.28. The van der Waals surface area contributed by atoms with Gasteiger partial charge in [0.1, 0.15) is 0 Å². The van der Waals surface area contributed by atoms with Gasteiger partial charge in [-0.1, -0.05) is 41.9 Å². The van der Waals surface area contributed by atoms with Gasteiger partial charge in [0, 0.05) is 11.6 Å². The van der Waals surface area contributed by atoms with Gasteiger partial charge in [0.15, 0.2) is 0 Å². The number of hydrogen-bond donors (Lipinski definition) is 1. The maximum atomic E-state index is 6.27. The Balaban J connectivity index is 2.09. The molecule has 0 saturated carbocycles. The van der Waals surface area contributed by atoms with Gasteiger partial charge in [0.2, 0.25) is 5.95 Å². The Labute approximate surface area is 123 Å². The van der Waals surface area contributed by atoms with Gasteiger partial charge in [-0.3, -0.25) is 0 Å². The van der Waals surface area contributed by atoms with Crippen LogP contribution >= 0.6 is 11.6 Å². The molecule has 0 bridgehead atoms. The zero-order valence-electron chi connectivity index (χ0n) is 11.3. The van der Waals surface area contributed by atoms with E-state index in [1.807, 2.05) is 42.5 Å². The van der Waals surface area contributed by atoms with Crippen molar-refractivity contribution in [2.75, 3.05) is 11.9 Å². The van der Waals surface area contributed by atoms with Gasteiger partial charge in [-0.2, -0.15) is 0 Å². The van der Waals surface area contributed by atoms with Crippen LogP contribution in [0.4, 0.5) is 5.95 Å². The normalized spacial score (nSPS) is 10.9. The van der Waals surface area contributed by atoms with E-state index in [1.165, 1.54) is 0 Å². The minimum atomic E-state index is 0.711. The minimum absolute atomic E-state index is 0.711. The molecule has 102 valence electrons. The Hall–Kier alpha value is -2.00. The van der Waals surface area contributed by atoms with E-state index in [0.717, 1.165) is 34.1 Å². The highest BCUT2D eigenvalue weighted by Gasteiger charge is 2.11. The van der Waals surface area contributed by atoms with Crippen molar-refractivity contribution < 1.29 is 0 Å². The topological polar surface area (TPSA) is 29.9 Å². The summed E-state index contributed by atoms with van der Waals surface area (Å²) in [6, 6.07) is 16.1. The van der Waals surface area contributed by atoms with Gasteiger partial charge in [-0.25, -0.2) is 4.98 Å². The summed E-state index contributed by atoms with van der Waals surface area (Å²) in [5, 5.41) is 4.10. The van der Waals surface area contributed by atoms with Gasteiger partial charge in [-0.15, -0.1) is 0 Å². The van der Waals surface area contributed by atoms with Crippen LogP contribution in [0.5, 0.6) is 0 Å². The lowest BCUT2D eigenvalue weighted by Gasteiger charge is -2.11. The first-order chi connectivity index (χ1) is 9.79. The number of fused-ring (bicyclic) bond motifs is 1. The van der Waals surface area contributed by atoms with Crippen LogP contribution in [-0.4, -0.2) is 16.1 Å². The predicted octanol–water partition coefficient (Wildman–Crippen LogP) is 4.17. The van der Waals surface area contributed by atoms with Gasteiger partial charge in [0.05, 0.1) is 17.6 Å². The average Bonchev–Trinajstić information content (AvgIpc) is 2.80. The number of aromatic nitrogens is 2. The molecular weight excluding hydrogens is 270 g/mol. The smallest absolute Gasteiger partial charge is 0.204 e. The van der Waals surface area contributed by atoms with E-state index >= 15 is 0 Å². The van der Waals surface area contributed by atoms with E-state index in [-0.39, 0.29) is 0 Å². The molecule has 3 aromatic rings. The third kappa shape index (κ3) is 2.37. The Morgan fingerprint density at radius 3 is 2.65 bits per heavy atom. The Kier molecular flexibility index (Phi) is 3.61. The first-order valence-corrected chi connectivity index (χ1v) is 7.10. The molecule has 0 radical (unpaired) electrons. The molecule has 0 saturated heterocycles. The van der Waals surface area contributed by atoms with Crippen LogP contribution in [0.3, 0.4) is 0 Å². The van der Waals surface area contributed by atoms with Crippen molar-refractivity contribution in [2.45, 2.75) is 13.5 Å². The largest absolute Gasteiger partial charge is 0.356 e. The fraction of sp³-hybridized carbons (Fsp3) is 0.188. The molecule has 0 unspecified atom stereocenters. The lowest BCUT2D eigenvalue weighted by atomic mass is 10.2. The van der Waals surface area contributed by atoms with Crippen LogP contribution in [-0.2, 0) is 6.54 Å². The maximum Gasteiger partial charge on any atom is 0.204 e. The van der Waals surface area contributed by atoms with Crippen LogP contribution in [0, 0.1) is 0 Å². The Morgan fingerprint density at radius 2 is 1.85 bits per heavy atom. The quantitative estimate of drug-likeness (QED) is 0.780. The summed E-state index contributed by atoms with van der Waals surface area (Å²) in [5.74, 6) is 0.883. The second kappa shape index (κ2) is 5.55. The Bertz CT molecular complexity index is 733. The molecule has 0 aliphatic carbocycles. The molecular formula is C16H16ClN3. The minimum Gasteiger partial charge on any atom is -0.356 e. The molecule has 0 spiro atoms. The molecule has 2 aromatic carbocycles. The number of benzene rings is 2. The van der Waals surface area contributed by atoms with Crippen LogP contribution in [0.2, 0.25) is 5.02 Å². The van der Waals surface area contributed by atoms with Crippen molar-refractivity contribution >= 4 is 28.6 Å². The predicted molar refractivity (Wildman–Crippen MR) is 84.5 cm³/mol. The van der Waals surface area contributed by atoms with E-state index in [2.05, 4.69) is 27.9 Å². The molecule has 3 nitrogen and oxygen atoms in total. The maximum absolute atomic E-state index is 6.27. The molecule has 1 N–H and O–H groups in total. The van der Waals surface area contributed by atoms with Crippen molar-refractivity contribution in [3.05, 3.63) is 59.1 Å². The van der Waals surface area contributed by atoms with E-state index in [1.54, 1.807) is 0 Å². The fourth-order valence-electron chi connectivity index (χ4n) is 2.33. The number of nitrogens with zero attached hydrogens (tertiary/aromatic N) is 2. The first kappa shape index (κ1) is 13.0. The number of anilines is 1. The van der Waals surface area contributed by atoms with E-state index in [4.69, 9.17) is 11.6 Å². The number of nitrogens with one attached hydrogen (secondary N) is 1. The molecule has 0 amide bonds. The summed E-state index contributed by atoms with van der Waals surface area (Å²) in [6.07, 6.45) is 0. The monoisotopic (exact) mass is 285 g/mol. The SMILES string of the molecule is CCNc1nc2ccccc2n1Cc1ccccc1Cl. The van der Waals surface area contributed by atoms with Crippen LogP contribution in [0.1, 0.15) is 12.5 Å². The number of para-hydroxylation sites is 2. The van der Waals surface area contributed by atoms with Crippen LogP contribution < -0.4 is 5.32 Å². The molecule has 0 aliphatic rings. The highest BCUT2D eigenvalue weighted by molar-refractivity contribution is 6.31. The summed E-state index contributed by atoms with van der Waals surface area (Å²) in [5.41, 5.74) is 3.20. The summed E-state index contributed by atoms with van der Waals surface area (Å²) >= 11 is 6.27. The number of imidazole rings is 1. The second-order valence-corrected chi connectivity index (χ2v) is 5.04. The second-order valence-electron chi connectivity index (χ2n) is 4.63. The molecule has 1 heterocycles. The van der Waals surface area contributed by atoms with Crippen molar-refractivity contribution in [1.29, 1.82) is 0 Å². The van der Waals surface area contributed by atoms with Crippen molar-refractivity contribution in [3.63, 3.8) is 0 Å². The molecule has 1 aromatic heterocycles. The number of hydrogen-bond acceptors (Lipinski definition) is 2. The van der Waals surface area contributed by atoms with Crippen LogP contribution in [0.25, 0.3) is 11.0 Å². The zero-order valence-corrected chi connectivity index (χ0v) is 12.1. The highest BCUT2D eigenvalue weighted by Crippen LogP contribution is 2.23. The van der Waals surface area contributed by atoms with E-state index < -0.39 is 0 Å². The highest BCUT2D eigenvalue weighted by atomic mass is 35.5. The molecule has 20 heavy (non-hydrogen) atoms. The van der Waals surface area contributed by atoms with E-state index in [9.17, 15) is 0 Å². The summed E-state index contributed by atoms with van der Waals surface area (Å²) in [7, 11) is 0. The summed E-state index contributed by atoms with van der Waals surface area (Å²) in [4.78, 5) is 4.64. The Morgan fingerprint density at radius 1 is 1.10 bits per heavy atom. The van der Waals surface area contributed by atoms with Crippen molar-refractivity contribution in [1.82, 2.24) is 9.55 Å². The lowest BCUT2D eigenvalue weighted by Crippen LogP contribution is -2.08. The molecule has 4 heteroatoms. The molecule has 0 fully saturated rings. The standard InChI is InChI=1S/C16H16ClN3/c1-2-18-16-19-14-9-5-6-10-15(14)20(16)11-12-7-3-4-8-13(12)17/h3-10H,2,11H2,1H3,(H,18,19). The van der Waals surface area contributed by atoms with Gasteiger partial charge in [-0.05, 0) is 30.7 Å². The summed E-state index contributed by atoms with van der Waals surface area (Å²) < 4.78 is 2.17. The molecule has 0 aliphatic heterocycles. The average molecular weight is 286 g/mol. The number of halogens is 1. The lowest BCUT2D eigenvalue weighted by molar-refractivity contribution is 0.826. The molecule has 3 rings (SSSR count). The first-order valence-electron chi connectivity index (χ1n) is 6.72. The van der Waals surface area contributed by atoms with Gasteiger partial charge >= 0.3 is 0 Å². The fourth-order valence-corrected chi connectivity index (χ4v) is 2.52. The van der Waals surface area contributed by atoms with Gasteiger partial charge in [0.25, 0.3) is 0 Å². The summed E-state index contributed by atoms with van der Waals surface area (Å²) in [6.45, 7) is 3.62. The third-order valence-corrected chi connectivity index (χ3v) is 3.64.